The summed E-state index contributed by atoms with van der Waals surface area (Å²) in [6.45, 7) is 0.572. The number of rotatable bonds is 7. The van der Waals surface area contributed by atoms with Crippen LogP contribution in [0.5, 0.6) is 0 Å². The van der Waals surface area contributed by atoms with Crippen molar-refractivity contribution in [1.82, 2.24) is 10.3 Å². The molecule has 24 heavy (non-hydrogen) atoms. The molecule has 2 unspecified atom stereocenters. The van der Waals surface area contributed by atoms with Crippen LogP contribution in [0.2, 0.25) is 0 Å². The van der Waals surface area contributed by atoms with E-state index in [1.165, 1.54) is 11.8 Å². The number of aromatic nitrogens is 1. The first-order chi connectivity index (χ1) is 11.7. The van der Waals surface area contributed by atoms with E-state index in [2.05, 4.69) is 10.3 Å². The molecule has 2 atom stereocenters. The van der Waals surface area contributed by atoms with Gasteiger partial charge in [-0.1, -0.05) is 24.6 Å². The SMILES string of the molecule is O=C(CSCc1coc(-c2ccccc2)n1)NCC1CCCC1O. The molecule has 1 aromatic carbocycles. The van der Waals surface area contributed by atoms with E-state index in [4.69, 9.17) is 4.42 Å². The third kappa shape index (κ3) is 4.61. The zero-order valence-corrected chi connectivity index (χ0v) is 14.3. The third-order valence-electron chi connectivity index (χ3n) is 4.24. The largest absolute Gasteiger partial charge is 0.444 e. The summed E-state index contributed by atoms with van der Waals surface area (Å²) in [7, 11) is 0. The van der Waals surface area contributed by atoms with Gasteiger partial charge in [0.05, 0.1) is 17.6 Å². The van der Waals surface area contributed by atoms with Gasteiger partial charge in [-0.25, -0.2) is 4.98 Å². The van der Waals surface area contributed by atoms with Crippen LogP contribution in [-0.4, -0.2) is 34.4 Å². The maximum absolute atomic E-state index is 11.9. The molecule has 5 nitrogen and oxygen atoms in total. The number of thioether (sulfide) groups is 1. The van der Waals surface area contributed by atoms with Crippen molar-refractivity contribution in [3.05, 3.63) is 42.3 Å². The van der Waals surface area contributed by atoms with Crippen molar-refractivity contribution in [2.24, 2.45) is 5.92 Å². The van der Waals surface area contributed by atoms with Gasteiger partial charge in [0.25, 0.3) is 0 Å². The Morgan fingerprint density at radius 3 is 2.92 bits per heavy atom. The lowest BCUT2D eigenvalue weighted by molar-refractivity contribution is -0.118. The molecular weight excluding hydrogens is 324 g/mol. The maximum Gasteiger partial charge on any atom is 0.230 e. The monoisotopic (exact) mass is 346 g/mol. The summed E-state index contributed by atoms with van der Waals surface area (Å²) in [5, 5.41) is 12.7. The molecule has 128 valence electrons. The summed E-state index contributed by atoms with van der Waals surface area (Å²) in [5.74, 6) is 1.84. The first-order valence-electron chi connectivity index (χ1n) is 8.24. The van der Waals surface area contributed by atoms with Crippen molar-refractivity contribution in [2.45, 2.75) is 31.1 Å². The summed E-state index contributed by atoms with van der Waals surface area (Å²) in [4.78, 5) is 16.3. The minimum atomic E-state index is -0.260. The van der Waals surface area contributed by atoms with Crippen molar-refractivity contribution in [3.63, 3.8) is 0 Å². The number of aliphatic hydroxyl groups is 1. The Balaban J connectivity index is 1.39. The van der Waals surface area contributed by atoms with Gasteiger partial charge < -0.3 is 14.8 Å². The summed E-state index contributed by atoms with van der Waals surface area (Å²) in [5.41, 5.74) is 1.78. The molecule has 3 rings (SSSR count). The molecule has 0 spiro atoms. The number of oxazole rings is 1. The topological polar surface area (TPSA) is 75.4 Å². The second kappa shape index (κ2) is 8.35. The molecule has 1 aromatic heterocycles. The number of amides is 1. The highest BCUT2D eigenvalue weighted by atomic mass is 32.2. The van der Waals surface area contributed by atoms with Gasteiger partial charge in [-0.15, -0.1) is 11.8 Å². The number of aliphatic hydroxyl groups excluding tert-OH is 1. The van der Waals surface area contributed by atoms with Crippen LogP contribution < -0.4 is 5.32 Å². The van der Waals surface area contributed by atoms with Crippen molar-refractivity contribution < 1.29 is 14.3 Å². The average molecular weight is 346 g/mol. The Bertz CT molecular complexity index is 659. The van der Waals surface area contributed by atoms with Gasteiger partial charge in [-0.05, 0) is 25.0 Å². The number of carbonyl (C=O) groups is 1. The first kappa shape index (κ1) is 17.0. The number of carbonyl (C=O) groups excluding carboxylic acids is 1. The molecule has 0 saturated heterocycles. The van der Waals surface area contributed by atoms with E-state index in [0.717, 1.165) is 30.5 Å². The van der Waals surface area contributed by atoms with Gasteiger partial charge in [0.15, 0.2) is 0 Å². The molecule has 6 heteroatoms. The van der Waals surface area contributed by atoms with Crippen LogP contribution in [0.25, 0.3) is 11.5 Å². The Hall–Kier alpha value is -1.79. The van der Waals surface area contributed by atoms with Crippen molar-refractivity contribution in [2.75, 3.05) is 12.3 Å². The van der Waals surface area contributed by atoms with Crippen LogP contribution in [-0.2, 0) is 10.5 Å². The maximum atomic E-state index is 11.9. The van der Waals surface area contributed by atoms with E-state index in [0.29, 0.717) is 23.9 Å². The number of nitrogens with one attached hydrogen (secondary N) is 1. The van der Waals surface area contributed by atoms with Gasteiger partial charge in [-0.2, -0.15) is 0 Å². The second-order valence-corrected chi connectivity index (χ2v) is 7.05. The van der Waals surface area contributed by atoms with E-state index >= 15 is 0 Å². The smallest absolute Gasteiger partial charge is 0.230 e. The van der Waals surface area contributed by atoms with Gasteiger partial charge >= 0.3 is 0 Å². The molecule has 1 aliphatic carbocycles. The van der Waals surface area contributed by atoms with Crippen molar-refractivity contribution in [1.29, 1.82) is 0 Å². The highest BCUT2D eigenvalue weighted by Crippen LogP contribution is 2.24. The fraction of sp³-hybridized carbons (Fsp3) is 0.444. The van der Waals surface area contributed by atoms with Crippen LogP contribution in [0.3, 0.4) is 0 Å². The normalized spacial score (nSPS) is 20.2. The molecule has 0 aliphatic heterocycles. The lowest BCUT2D eigenvalue weighted by atomic mass is 10.1. The number of nitrogens with zero attached hydrogens (tertiary/aromatic N) is 1. The molecule has 2 N–H and O–H groups in total. The lowest BCUT2D eigenvalue weighted by Crippen LogP contribution is -2.33. The molecule has 1 saturated carbocycles. The molecule has 1 aliphatic rings. The highest BCUT2D eigenvalue weighted by Gasteiger charge is 2.25. The van der Waals surface area contributed by atoms with E-state index in [1.807, 2.05) is 30.3 Å². The van der Waals surface area contributed by atoms with Gasteiger partial charge in [0, 0.05) is 23.8 Å². The Kier molecular flexibility index (Phi) is 5.93. The van der Waals surface area contributed by atoms with E-state index in [1.54, 1.807) is 6.26 Å². The molecule has 1 amide bonds. The van der Waals surface area contributed by atoms with Gasteiger partial charge in [0.2, 0.25) is 11.8 Å². The Morgan fingerprint density at radius 1 is 1.33 bits per heavy atom. The molecule has 1 fully saturated rings. The first-order valence-corrected chi connectivity index (χ1v) is 9.40. The summed E-state index contributed by atoms with van der Waals surface area (Å²) in [6, 6.07) is 9.74. The average Bonchev–Trinajstić information content (AvgIpc) is 3.23. The van der Waals surface area contributed by atoms with Crippen molar-refractivity contribution >= 4 is 17.7 Å². The lowest BCUT2D eigenvalue weighted by Gasteiger charge is -2.14. The number of benzene rings is 1. The summed E-state index contributed by atoms with van der Waals surface area (Å²) in [6.07, 6.45) is 4.28. The number of hydrogen-bond donors (Lipinski definition) is 2. The van der Waals surface area contributed by atoms with E-state index < -0.39 is 0 Å². The predicted octanol–water partition coefficient (Wildman–Crippen LogP) is 2.85. The zero-order valence-electron chi connectivity index (χ0n) is 13.5. The molecule has 0 radical (unpaired) electrons. The van der Waals surface area contributed by atoms with Crippen LogP contribution in [0.4, 0.5) is 0 Å². The van der Waals surface area contributed by atoms with E-state index in [9.17, 15) is 9.90 Å². The number of hydrogen-bond acceptors (Lipinski definition) is 5. The summed E-state index contributed by atoms with van der Waals surface area (Å²) < 4.78 is 5.48. The minimum Gasteiger partial charge on any atom is -0.444 e. The van der Waals surface area contributed by atoms with E-state index in [-0.39, 0.29) is 17.9 Å². The highest BCUT2D eigenvalue weighted by molar-refractivity contribution is 7.99. The summed E-state index contributed by atoms with van der Waals surface area (Å²) >= 11 is 1.51. The fourth-order valence-electron chi connectivity index (χ4n) is 2.89. The van der Waals surface area contributed by atoms with Gasteiger partial charge in [0.1, 0.15) is 6.26 Å². The predicted molar refractivity (Wildman–Crippen MR) is 94.5 cm³/mol. The quantitative estimate of drug-likeness (QED) is 0.806. The standard InChI is InChI=1S/C18H22N2O3S/c21-16-8-4-7-14(16)9-19-17(22)12-24-11-15-10-23-18(20-15)13-5-2-1-3-6-13/h1-3,5-6,10,14,16,21H,4,7-9,11-12H2,(H,19,22). The van der Waals surface area contributed by atoms with Crippen LogP contribution in [0.15, 0.2) is 41.0 Å². The molecule has 0 bridgehead atoms. The molecule has 2 aromatic rings. The second-order valence-electron chi connectivity index (χ2n) is 6.07. The Labute approximate surface area is 145 Å². The van der Waals surface area contributed by atoms with Crippen LogP contribution >= 0.6 is 11.8 Å². The van der Waals surface area contributed by atoms with Gasteiger partial charge in [-0.3, -0.25) is 4.79 Å². The van der Waals surface area contributed by atoms with Crippen molar-refractivity contribution in [3.8, 4) is 11.5 Å². The fourth-order valence-corrected chi connectivity index (χ4v) is 3.62. The van der Waals surface area contributed by atoms with Crippen LogP contribution in [0, 0.1) is 5.92 Å². The third-order valence-corrected chi connectivity index (χ3v) is 5.20. The Morgan fingerprint density at radius 2 is 2.17 bits per heavy atom. The minimum absolute atomic E-state index is 0.00544. The molecular formula is C18H22N2O3S. The molecule has 1 heterocycles. The zero-order chi connectivity index (χ0) is 16.8. The van der Waals surface area contributed by atoms with Crippen LogP contribution in [0.1, 0.15) is 25.0 Å².